The van der Waals surface area contributed by atoms with Crippen molar-refractivity contribution in [1.82, 2.24) is 10.1 Å². The number of hydrogen-bond donors (Lipinski definition) is 1. The van der Waals surface area contributed by atoms with Crippen molar-refractivity contribution in [1.29, 1.82) is 0 Å². The topological polar surface area (TPSA) is 76.2 Å². The number of carboxylic acid groups (broad SMARTS) is 1. The number of aromatic nitrogens is 2. The number of aliphatic carboxylic acids is 1. The van der Waals surface area contributed by atoms with Gasteiger partial charge in [-0.2, -0.15) is 16.7 Å². The van der Waals surface area contributed by atoms with Gasteiger partial charge in [0.15, 0.2) is 5.82 Å². The zero-order valence-electron chi connectivity index (χ0n) is 11.4. The molecule has 1 atom stereocenters. The summed E-state index contributed by atoms with van der Waals surface area (Å²) in [5, 5.41) is 13.4. The maximum atomic E-state index is 11.7. The van der Waals surface area contributed by atoms with E-state index in [9.17, 15) is 9.90 Å². The molecule has 6 heteroatoms. The molecule has 0 saturated carbocycles. The molecule has 0 amide bonds. The maximum Gasteiger partial charge on any atom is 0.314 e. The molecule has 2 aromatic rings. The molecule has 0 aliphatic rings. The second-order valence-corrected chi connectivity index (χ2v) is 5.58. The molecular formula is C14H16N2O3S. The van der Waals surface area contributed by atoms with Gasteiger partial charge in [-0.3, -0.25) is 4.79 Å². The summed E-state index contributed by atoms with van der Waals surface area (Å²) < 4.78 is 5.15. The molecule has 1 heterocycles. The molecule has 0 spiro atoms. The Balaban J connectivity index is 2.27. The van der Waals surface area contributed by atoms with Crippen LogP contribution in [0.5, 0.6) is 0 Å². The summed E-state index contributed by atoms with van der Waals surface area (Å²) in [6, 6.07) is 9.10. The lowest BCUT2D eigenvalue weighted by Crippen LogP contribution is -2.34. The van der Waals surface area contributed by atoms with Crippen molar-refractivity contribution in [2.45, 2.75) is 24.5 Å². The third-order valence-corrected chi connectivity index (χ3v) is 3.72. The highest BCUT2D eigenvalue weighted by molar-refractivity contribution is 7.97. The summed E-state index contributed by atoms with van der Waals surface area (Å²) in [6.45, 7) is 1.67. The van der Waals surface area contributed by atoms with Crippen molar-refractivity contribution in [2.24, 2.45) is 0 Å². The van der Waals surface area contributed by atoms with E-state index in [1.54, 1.807) is 30.8 Å². The molecule has 1 aromatic carbocycles. The Hall–Kier alpha value is -1.82. The van der Waals surface area contributed by atoms with Crippen LogP contribution in [0.1, 0.15) is 24.2 Å². The molecule has 0 radical (unpaired) electrons. The van der Waals surface area contributed by atoms with Crippen LogP contribution in [0.15, 0.2) is 34.9 Å². The number of carboxylic acids is 1. The summed E-state index contributed by atoms with van der Waals surface area (Å²) in [4.78, 5) is 15.9. The first-order valence-corrected chi connectivity index (χ1v) is 7.55. The van der Waals surface area contributed by atoms with Crippen LogP contribution in [-0.4, -0.2) is 27.5 Å². The fourth-order valence-electron chi connectivity index (χ4n) is 1.96. The minimum atomic E-state index is -1.08. The SMILES string of the molecule is CSCc1noc(CC(C)(C(=O)O)c2ccccc2)n1. The Kier molecular flexibility index (Phi) is 4.44. The molecule has 5 nitrogen and oxygen atoms in total. The van der Waals surface area contributed by atoms with E-state index in [0.29, 0.717) is 17.5 Å². The third-order valence-electron chi connectivity index (χ3n) is 3.17. The molecule has 0 bridgehead atoms. The standard InChI is InChI=1S/C14H16N2O3S/c1-14(13(17)18,10-6-4-3-5-7-10)8-12-15-11(9-20-2)16-19-12/h3-7H,8-9H2,1-2H3,(H,17,18). The lowest BCUT2D eigenvalue weighted by atomic mass is 9.79. The molecule has 0 saturated heterocycles. The van der Waals surface area contributed by atoms with Crippen molar-refractivity contribution in [3.8, 4) is 0 Å². The fraction of sp³-hybridized carbons (Fsp3) is 0.357. The van der Waals surface area contributed by atoms with E-state index in [2.05, 4.69) is 10.1 Å². The molecule has 0 aliphatic carbocycles. The number of thioether (sulfide) groups is 1. The van der Waals surface area contributed by atoms with Crippen molar-refractivity contribution in [3.05, 3.63) is 47.6 Å². The smallest absolute Gasteiger partial charge is 0.314 e. The van der Waals surface area contributed by atoms with Crippen LogP contribution < -0.4 is 0 Å². The second kappa shape index (κ2) is 6.09. The zero-order valence-corrected chi connectivity index (χ0v) is 12.2. The predicted molar refractivity (Wildman–Crippen MR) is 76.7 cm³/mol. The van der Waals surface area contributed by atoms with Gasteiger partial charge in [-0.05, 0) is 18.7 Å². The van der Waals surface area contributed by atoms with Crippen LogP contribution in [0.2, 0.25) is 0 Å². The summed E-state index contributed by atoms with van der Waals surface area (Å²) in [5.74, 6) is 0.683. The van der Waals surface area contributed by atoms with E-state index in [-0.39, 0.29) is 6.42 Å². The minimum absolute atomic E-state index is 0.174. The molecule has 106 valence electrons. The van der Waals surface area contributed by atoms with Gasteiger partial charge in [0.1, 0.15) is 0 Å². The monoisotopic (exact) mass is 292 g/mol. The van der Waals surface area contributed by atoms with E-state index in [0.717, 1.165) is 5.56 Å². The van der Waals surface area contributed by atoms with Gasteiger partial charge in [0.2, 0.25) is 5.89 Å². The number of hydrogen-bond acceptors (Lipinski definition) is 5. The van der Waals surface area contributed by atoms with Crippen LogP contribution in [0.25, 0.3) is 0 Å². The first-order chi connectivity index (χ1) is 9.56. The van der Waals surface area contributed by atoms with Crippen molar-refractivity contribution >= 4 is 17.7 Å². The quantitative estimate of drug-likeness (QED) is 0.881. The van der Waals surface area contributed by atoms with Gasteiger partial charge in [0.25, 0.3) is 0 Å². The lowest BCUT2D eigenvalue weighted by Gasteiger charge is -2.23. The highest BCUT2D eigenvalue weighted by atomic mass is 32.2. The van der Waals surface area contributed by atoms with Gasteiger partial charge in [0, 0.05) is 6.42 Å². The Bertz CT molecular complexity index is 585. The number of carbonyl (C=O) groups is 1. The average molecular weight is 292 g/mol. The summed E-state index contributed by atoms with van der Waals surface area (Å²) in [5.41, 5.74) is -0.359. The highest BCUT2D eigenvalue weighted by Gasteiger charge is 2.37. The molecule has 0 fully saturated rings. The molecule has 1 N–H and O–H groups in total. The van der Waals surface area contributed by atoms with E-state index in [4.69, 9.17) is 4.52 Å². The average Bonchev–Trinajstić information content (AvgIpc) is 2.87. The molecule has 1 aromatic heterocycles. The van der Waals surface area contributed by atoms with Crippen LogP contribution in [-0.2, 0) is 22.4 Å². The molecule has 0 aliphatic heterocycles. The normalized spacial score (nSPS) is 13.9. The van der Waals surface area contributed by atoms with E-state index < -0.39 is 11.4 Å². The summed E-state index contributed by atoms with van der Waals surface area (Å²) >= 11 is 1.59. The van der Waals surface area contributed by atoms with E-state index in [1.807, 2.05) is 24.5 Å². The molecule has 1 unspecified atom stereocenters. The number of benzene rings is 1. The van der Waals surface area contributed by atoms with Gasteiger partial charge >= 0.3 is 5.97 Å². The van der Waals surface area contributed by atoms with Gasteiger partial charge in [-0.25, -0.2) is 0 Å². The fourth-order valence-corrected chi connectivity index (χ4v) is 2.33. The van der Waals surface area contributed by atoms with Gasteiger partial charge in [-0.1, -0.05) is 35.5 Å². The minimum Gasteiger partial charge on any atom is -0.481 e. The molecular weight excluding hydrogens is 276 g/mol. The Labute approximate surface area is 121 Å². The lowest BCUT2D eigenvalue weighted by molar-refractivity contribution is -0.143. The van der Waals surface area contributed by atoms with Crippen molar-refractivity contribution < 1.29 is 14.4 Å². The number of rotatable bonds is 6. The number of nitrogens with zero attached hydrogens (tertiary/aromatic N) is 2. The summed E-state index contributed by atoms with van der Waals surface area (Å²) in [7, 11) is 0. The highest BCUT2D eigenvalue weighted by Crippen LogP contribution is 2.28. The largest absolute Gasteiger partial charge is 0.481 e. The Morgan fingerprint density at radius 2 is 2.10 bits per heavy atom. The second-order valence-electron chi connectivity index (χ2n) is 4.72. The van der Waals surface area contributed by atoms with Gasteiger partial charge < -0.3 is 9.63 Å². The third kappa shape index (κ3) is 3.01. The van der Waals surface area contributed by atoms with Crippen molar-refractivity contribution in [3.63, 3.8) is 0 Å². The van der Waals surface area contributed by atoms with Crippen LogP contribution in [0.4, 0.5) is 0 Å². The van der Waals surface area contributed by atoms with Gasteiger partial charge in [0.05, 0.1) is 11.2 Å². The Morgan fingerprint density at radius 3 is 2.70 bits per heavy atom. The van der Waals surface area contributed by atoms with E-state index >= 15 is 0 Å². The summed E-state index contributed by atoms with van der Waals surface area (Å²) in [6.07, 6.45) is 2.12. The maximum absolute atomic E-state index is 11.7. The van der Waals surface area contributed by atoms with Crippen LogP contribution >= 0.6 is 11.8 Å². The van der Waals surface area contributed by atoms with Crippen molar-refractivity contribution in [2.75, 3.05) is 6.26 Å². The predicted octanol–water partition coefficient (Wildman–Crippen LogP) is 2.52. The first-order valence-electron chi connectivity index (χ1n) is 6.15. The molecule has 20 heavy (non-hydrogen) atoms. The van der Waals surface area contributed by atoms with Crippen LogP contribution in [0, 0.1) is 0 Å². The zero-order chi connectivity index (χ0) is 14.6. The van der Waals surface area contributed by atoms with Gasteiger partial charge in [-0.15, -0.1) is 0 Å². The first kappa shape index (κ1) is 14.6. The Morgan fingerprint density at radius 1 is 1.40 bits per heavy atom. The van der Waals surface area contributed by atoms with E-state index in [1.165, 1.54) is 0 Å². The molecule has 2 rings (SSSR count). The van der Waals surface area contributed by atoms with Crippen LogP contribution in [0.3, 0.4) is 0 Å².